The largest absolute Gasteiger partial charge is 0.465 e. The predicted octanol–water partition coefficient (Wildman–Crippen LogP) is 4.17. The maximum Gasteiger partial charge on any atom is 0.337 e. The third kappa shape index (κ3) is 4.70. The van der Waals surface area contributed by atoms with Gasteiger partial charge < -0.3 is 15.4 Å². The van der Waals surface area contributed by atoms with Crippen LogP contribution in [0.3, 0.4) is 0 Å². The number of methoxy groups -OCH3 is 1. The number of esters is 1. The molecule has 2 N–H and O–H groups in total. The van der Waals surface area contributed by atoms with E-state index < -0.39 is 5.97 Å². The van der Waals surface area contributed by atoms with Gasteiger partial charge in [0.15, 0.2) is 0 Å². The van der Waals surface area contributed by atoms with Gasteiger partial charge in [-0.1, -0.05) is 18.2 Å². The first-order chi connectivity index (χ1) is 13.0. The van der Waals surface area contributed by atoms with Crippen LogP contribution in [0.2, 0.25) is 0 Å². The number of anilines is 3. The van der Waals surface area contributed by atoms with Crippen molar-refractivity contribution in [2.24, 2.45) is 0 Å². The number of amides is 1. The van der Waals surface area contributed by atoms with Gasteiger partial charge in [-0.05, 0) is 48.9 Å². The van der Waals surface area contributed by atoms with Gasteiger partial charge in [-0.2, -0.15) is 0 Å². The first kappa shape index (κ1) is 18.1. The Morgan fingerprint density at radius 1 is 0.889 bits per heavy atom. The second-order valence-electron chi connectivity index (χ2n) is 5.98. The normalized spacial score (nSPS) is 10.1. The summed E-state index contributed by atoms with van der Waals surface area (Å²) in [6, 6.07) is 16.2. The summed E-state index contributed by atoms with van der Waals surface area (Å²) < 4.78 is 4.73. The van der Waals surface area contributed by atoms with Crippen LogP contribution in [0.5, 0.6) is 0 Å². The number of nitrogens with one attached hydrogen (secondary N) is 2. The van der Waals surface area contributed by atoms with E-state index in [0.29, 0.717) is 22.5 Å². The summed E-state index contributed by atoms with van der Waals surface area (Å²) >= 11 is 0. The summed E-state index contributed by atoms with van der Waals surface area (Å²) in [7, 11) is 1.34. The molecule has 6 nitrogen and oxygen atoms in total. The molecule has 27 heavy (non-hydrogen) atoms. The maximum atomic E-state index is 12.5. The Balaban J connectivity index is 1.75. The van der Waals surface area contributed by atoms with E-state index in [2.05, 4.69) is 15.6 Å². The van der Waals surface area contributed by atoms with Crippen LogP contribution in [0.4, 0.5) is 17.1 Å². The minimum absolute atomic E-state index is 0.250. The van der Waals surface area contributed by atoms with E-state index >= 15 is 0 Å². The summed E-state index contributed by atoms with van der Waals surface area (Å²) in [6.07, 6.45) is 3.11. The number of nitrogens with zero attached hydrogens (tertiary/aromatic N) is 1. The van der Waals surface area contributed by atoms with Crippen molar-refractivity contribution in [3.8, 4) is 0 Å². The fourth-order valence-electron chi connectivity index (χ4n) is 2.57. The molecule has 0 spiro atoms. The van der Waals surface area contributed by atoms with Crippen LogP contribution in [0.25, 0.3) is 0 Å². The molecule has 0 aliphatic carbocycles. The third-order valence-corrected chi connectivity index (χ3v) is 3.85. The lowest BCUT2D eigenvalue weighted by Crippen LogP contribution is -2.12. The summed E-state index contributed by atoms with van der Waals surface area (Å²) in [4.78, 5) is 28.2. The fourth-order valence-corrected chi connectivity index (χ4v) is 2.57. The van der Waals surface area contributed by atoms with Gasteiger partial charge >= 0.3 is 5.97 Å². The minimum Gasteiger partial charge on any atom is -0.465 e. The molecule has 3 aromatic rings. The molecule has 1 heterocycles. The number of aromatic nitrogens is 1. The highest BCUT2D eigenvalue weighted by atomic mass is 16.5. The summed E-state index contributed by atoms with van der Waals surface area (Å²) in [6.45, 7) is 1.96. The van der Waals surface area contributed by atoms with Crippen molar-refractivity contribution in [3.63, 3.8) is 0 Å². The summed E-state index contributed by atoms with van der Waals surface area (Å²) in [5.74, 6) is -0.664. The van der Waals surface area contributed by atoms with Gasteiger partial charge in [0.1, 0.15) is 0 Å². The molecule has 0 aliphatic heterocycles. The number of benzene rings is 2. The molecule has 0 aliphatic rings. The Hall–Kier alpha value is -3.67. The van der Waals surface area contributed by atoms with E-state index in [1.54, 1.807) is 30.5 Å². The molecular weight excluding hydrogens is 342 g/mol. The van der Waals surface area contributed by atoms with Gasteiger partial charge in [0.05, 0.1) is 30.1 Å². The molecule has 6 heteroatoms. The lowest BCUT2D eigenvalue weighted by molar-refractivity contribution is 0.0600. The van der Waals surface area contributed by atoms with Gasteiger partial charge in [0.25, 0.3) is 5.91 Å². The standard InChI is InChI=1S/C21H19N3O3/c1-14-5-3-7-17(9-14)24-20(25)16-11-19(13-22-12-16)23-18-8-4-6-15(10-18)21(26)27-2/h3-13,23H,1-2H3,(H,24,25). The molecule has 0 atom stereocenters. The van der Waals surface area contributed by atoms with Crippen LogP contribution in [0, 0.1) is 6.92 Å². The van der Waals surface area contributed by atoms with Crippen molar-refractivity contribution >= 4 is 28.9 Å². The Bertz CT molecular complexity index is 986. The van der Waals surface area contributed by atoms with Crippen LogP contribution in [0.15, 0.2) is 67.0 Å². The van der Waals surface area contributed by atoms with E-state index in [1.807, 2.05) is 37.3 Å². The second kappa shape index (κ2) is 8.14. The molecule has 0 unspecified atom stereocenters. The predicted molar refractivity (Wildman–Crippen MR) is 104 cm³/mol. The zero-order valence-electron chi connectivity index (χ0n) is 15.0. The zero-order chi connectivity index (χ0) is 19.2. The van der Waals surface area contributed by atoms with Gasteiger partial charge in [-0.3, -0.25) is 9.78 Å². The van der Waals surface area contributed by atoms with Crippen molar-refractivity contribution in [2.45, 2.75) is 6.92 Å². The lowest BCUT2D eigenvalue weighted by Gasteiger charge is -2.10. The SMILES string of the molecule is COC(=O)c1cccc(Nc2cncc(C(=O)Nc3cccc(C)c3)c2)c1. The van der Waals surface area contributed by atoms with Crippen molar-refractivity contribution in [2.75, 3.05) is 17.7 Å². The molecule has 0 radical (unpaired) electrons. The highest BCUT2D eigenvalue weighted by molar-refractivity contribution is 6.04. The number of ether oxygens (including phenoxy) is 1. The Morgan fingerprint density at radius 3 is 2.41 bits per heavy atom. The molecule has 2 aromatic carbocycles. The smallest absolute Gasteiger partial charge is 0.337 e. The van der Waals surface area contributed by atoms with Crippen molar-refractivity contribution in [1.82, 2.24) is 4.98 Å². The highest BCUT2D eigenvalue weighted by Crippen LogP contribution is 2.19. The van der Waals surface area contributed by atoms with Gasteiger partial charge in [-0.15, -0.1) is 0 Å². The number of pyridine rings is 1. The number of rotatable bonds is 5. The number of hydrogen-bond donors (Lipinski definition) is 2. The van der Waals surface area contributed by atoms with Crippen molar-refractivity contribution in [1.29, 1.82) is 0 Å². The van der Waals surface area contributed by atoms with Gasteiger partial charge in [0, 0.05) is 17.6 Å². The molecule has 0 fully saturated rings. The Labute approximate surface area is 157 Å². The Kier molecular flexibility index (Phi) is 5.47. The molecule has 0 saturated carbocycles. The lowest BCUT2D eigenvalue weighted by atomic mass is 10.2. The number of carbonyl (C=O) groups excluding carboxylic acids is 2. The second-order valence-corrected chi connectivity index (χ2v) is 5.98. The minimum atomic E-state index is -0.414. The summed E-state index contributed by atoms with van der Waals surface area (Å²) in [5.41, 5.74) is 3.97. The van der Waals surface area contributed by atoms with Gasteiger partial charge in [0.2, 0.25) is 0 Å². The van der Waals surface area contributed by atoms with E-state index in [9.17, 15) is 9.59 Å². The third-order valence-electron chi connectivity index (χ3n) is 3.85. The molecule has 0 saturated heterocycles. The maximum absolute atomic E-state index is 12.5. The number of hydrogen-bond acceptors (Lipinski definition) is 5. The first-order valence-electron chi connectivity index (χ1n) is 8.33. The summed E-state index contributed by atoms with van der Waals surface area (Å²) in [5, 5.41) is 6.00. The molecule has 136 valence electrons. The van der Waals surface area contributed by atoms with Gasteiger partial charge in [-0.25, -0.2) is 4.79 Å². The van der Waals surface area contributed by atoms with Crippen LogP contribution in [-0.4, -0.2) is 24.0 Å². The molecule has 1 aromatic heterocycles. The quantitative estimate of drug-likeness (QED) is 0.667. The van der Waals surface area contributed by atoms with Crippen molar-refractivity contribution < 1.29 is 14.3 Å². The van der Waals surface area contributed by atoms with Crippen LogP contribution >= 0.6 is 0 Å². The van der Waals surface area contributed by atoms with Crippen LogP contribution in [-0.2, 0) is 4.74 Å². The highest BCUT2D eigenvalue weighted by Gasteiger charge is 2.09. The van der Waals surface area contributed by atoms with E-state index in [-0.39, 0.29) is 5.91 Å². The number of aryl methyl sites for hydroxylation is 1. The topological polar surface area (TPSA) is 80.3 Å². The van der Waals surface area contributed by atoms with E-state index in [4.69, 9.17) is 4.74 Å². The average Bonchev–Trinajstić information content (AvgIpc) is 2.68. The molecular formula is C21H19N3O3. The Morgan fingerprint density at radius 2 is 1.63 bits per heavy atom. The van der Waals surface area contributed by atoms with E-state index in [1.165, 1.54) is 13.3 Å². The monoisotopic (exact) mass is 361 g/mol. The van der Waals surface area contributed by atoms with Crippen LogP contribution in [0.1, 0.15) is 26.3 Å². The van der Waals surface area contributed by atoms with Crippen molar-refractivity contribution in [3.05, 3.63) is 83.7 Å². The fraction of sp³-hybridized carbons (Fsp3) is 0.0952. The average molecular weight is 361 g/mol. The molecule has 0 bridgehead atoms. The zero-order valence-corrected chi connectivity index (χ0v) is 15.0. The van der Waals surface area contributed by atoms with Crippen LogP contribution < -0.4 is 10.6 Å². The first-order valence-corrected chi connectivity index (χ1v) is 8.33. The van der Waals surface area contributed by atoms with E-state index in [0.717, 1.165) is 11.3 Å². The molecule has 1 amide bonds. The number of carbonyl (C=O) groups is 2. The molecule has 3 rings (SSSR count).